The van der Waals surface area contributed by atoms with Gasteiger partial charge in [0, 0.05) is 24.9 Å². The molecule has 37 heavy (non-hydrogen) atoms. The normalized spacial score (nSPS) is 19.7. The zero-order valence-electron chi connectivity index (χ0n) is 22.2. The molecule has 6 nitrogen and oxygen atoms in total. The highest BCUT2D eigenvalue weighted by Gasteiger charge is 2.38. The van der Waals surface area contributed by atoms with Gasteiger partial charge >= 0.3 is 0 Å². The molecule has 198 valence electrons. The molecule has 0 radical (unpaired) electrons. The summed E-state index contributed by atoms with van der Waals surface area (Å²) in [5, 5.41) is 3.06. The van der Waals surface area contributed by atoms with Gasteiger partial charge in [-0.2, -0.15) is 0 Å². The Morgan fingerprint density at radius 1 is 1.03 bits per heavy atom. The summed E-state index contributed by atoms with van der Waals surface area (Å²) in [6, 6.07) is 16.2. The molecule has 1 aliphatic heterocycles. The molecule has 3 atom stereocenters. The minimum atomic E-state index is -0.563. The molecular weight excluding hydrogens is 462 g/mol. The third-order valence-corrected chi connectivity index (χ3v) is 7.85. The number of likely N-dealkylation sites (tertiary alicyclic amines) is 1. The average Bonchev–Trinajstić information content (AvgIpc) is 3.72. The zero-order chi connectivity index (χ0) is 26.4. The second-order valence-corrected chi connectivity index (χ2v) is 11.0. The molecule has 1 saturated heterocycles. The minimum Gasteiger partial charge on any atom is -0.369 e. The minimum absolute atomic E-state index is 0.0390. The molecule has 3 amide bonds. The Hall–Kier alpha value is -3.15. The lowest BCUT2D eigenvalue weighted by atomic mass is 9.83. The third kappa shape index (κ3) is 7.21. The van der Waals surface area contributed by atoms with Crippen molar-refractivity contribution in [3.8, 4) is 11.1 Å². The van der Waals surface area contributed by atoms with Crippen molar-refractivity contribution in [2.45, 2.75) is 77.8 Å². The maximum Gasteiger partial charge on any atom is 0.245 e. The number of hydrogen-bond donors (Lipinski definition) is 2. The standard InChI is InChI=1S/C31H41N3O3/c1-3-7-26(29(32)35)27(19-22-13-14-22)30(36)33-28-10-4-5-17-34(31(28)37)20-23-8-6-9-25(18-23)24-15-11-21(2)12-16-24/h6,8-9,11-12,15-16,18,22,26-28H,3-5,7,10,13-14,17,19-20H2,1-2H3,(H2,32,35)(H,33,36)/t26-,27+,28-/m0/s1. The molecule has 3 N–H and O–H groups in total. The van der Waals surface area contributed by atoms with E-state index in [4.69, 9.17) is 5.73 Å². The van der Waals surface area contributed by atoms with E-state index in [0.717, 1.165) is 48.8 Å². The van der Waals surface area contributed by atoms with Gasteiger partial charge in [0.2, 0.25) is 17.7 Å². The van der Waals surface area contributed by atoms with Crippen LogP contribution in [0, 0.1) is 24.7 Å². The Balaban J connectivity index is 1.46. The third-order valence-electron chi connectivity index (χ3n) is 7.85. The lowest BCUT2D eigenvalue weighted by Gasteiger charge is -2.28. The Morgan fingerprint density at radius 2 is 1.78 bits per heavy atom. The fraction of sp³-hybridized carbons (Fsp3) is 0.516. The van der Waals surface area contributed by atoms with Crippen LogP contribution in [0.4, 0.5) is 0 Å². The highest BCUT2D eigenvalue weighted by Crippen LogP contribution is 2.38. The number of carbonyl (C=O) groups is 3. The molecule has 2 fully saturated rings. The largest absolute Gasteiger partial charge is 0.369 e. The zero-order valence-corrected chi connectivity index (χ0v) is 22.2. The van der Waals surface area contributed by atoms with Crippen LogP contribution >= 0.6 is 0 Å². The molecule has 0 spiro atoms. The van der Waals surface area contributed by atoms with Crippen LogP contribution in [0.3, 0.4) is 0 Å². The van der Waals surface area contributed by atoms with Crippen LogP contribution in [0.2, 0.25) is 0 Å². The van der Waals surface area contributed by atoms with E-state index in [1.807, 2.05) is 17.9 Å². The quantitative estimate of drug-likeness (QED) is 0.453. The number of primary amides is 1. The lowest BCUT2D eigenvalue weighted by molar-refractivity contribution is -0.139. The second-order valence-electron chi connectivity index (χ2n) is 11.0. The monoisotopic (exact) mass is 503 g/mol. The predicted octanol–water partition coefficient (Wildman–Crippen LogP) is 4.98. The van der Waals surface area contributed by atoms with Gasteiger partial charge < -0.3 is 16.0 Å². The summed E-state index contributed by atoms with van der Waals surface area (Å²) in [6.07, 6.45) is 6.66. The van der Waals surface area contributed by atoms with Crippen molar-refractivity contribution in [3.05, 3.63) is 59.7 Å². The first-order valence-corrected chi connectivity index (χ1v) is 13.9. The first kappa shape index (κ1) is 26.9. The van der Waals surface area contributed by atoms with E-state index in [0.29, 0.717) is 38.3 Å². The Morgan fingerprint density at radius 3 is 2.46 bits per heavy atom. The van der Waals surface area contributed by atoms with E-state index < -0.39 is 23.8 Å². The first-order chi connectivity index (χ1) is 17.9. The fourth-order valence-electron chi connectivity index (χ4n) is 5.51. The molecule has 0 bridgehead atoms. The molecule has 2 aliphatic rings. The van der Waals surface area contributed by atoms with Gasteiger partial charge in [-0.15, -0.1) is 0 Å². The van der Waals surface area contributed by atoms with Crippen LogP contribution in [0.1, 0.15) is 69.4 Å². The summed E-state index contributed by atoms with van der Waals surface area (Å²) in [5.41, 5.74) is 10.3. The van der Waals surface area contributed by atoms with Crippen LogP contribution in [0.5, 0.6) is 0 Å². The molecule has 0 aromatic heterocycles. The molecule has 2 aromatic carbocycles. The van der Waals surface area contributed by atoms with Gasteiger partial charge in [0.05, 0.1) is 0 Å². The van der Waals surface area contributed by atoms with Crippen molar-refractivity contribution in [1.82, 2.24) is 10.2 Å². The van der Waals surface area contributed by atoms with E-state index in [1.54, 1.807) is 0 Å². The topological polar surface area (TPSA) is 92.5 Å². The molecular formula is C31H41N3O3. The second kappa shape index (κ2) is 12.4. The fourth-order valence-corrected chi connectivity index (χ4v) is 5.51. The van der Waals surface area contributed by atoms with E-state index in [1.165, 1.54) is 5.56 Å². The number of carbonyl (C=O) groups excluding carboxylic acids is 3. The van der Waals surface area contributed by atoms with E-state index >= 15 is 0 Å². The van der Waals surface area contributed by atoms with Crippen LogP contribution in [0.15, 0.2) is 48.5 Å². The Bertz CT molecular complexity index is 1090. The lowest BCUT2D eigenvalue weighted by Crippen LogP contribution is -2.50. The summed E-state index contributed by atoms with van der Waals surface area (Å²) < 4.78 is 0. The van der Waals surface area contributed by atoms with Gasteiger partial charge in [0.25, 0.3) is 0 Å². The Labute approximate surface area is 221 Å². The van der Waals surface area contributed by atoms with Crippen LogP contribution in [-0.4, -0.2) is 35.2 Å². The van der Waals surface area contributed by atoms with Crippen molar-refractivity contribution in [2.75, 3.05) is 6.54 Å². The van der Waals surface area contributed by atoms with Gasteiger partial charge in [-0.25, -0.2) is 0 Å². The number of benzene rings is 2. The summed E-state index contributed by atoms with van der Waals surface area (Å²) in [7, 11) is 0. The van der Waals surface area contributed by atoms with Crippen molar-refractivity contribution < 1.29 is 14.4 Å². The maximum atomic E-state index is 13.6. The number of amides is 3. The average molecular weight is 504 g/mol. The predicted molar refractivity (Wildman–Crippen MR) is 146 cm³/mol. The highest BCUT2D eigenvalue weighted by molar-refractivity contribution is 5.91. The van der Waals surface area contributed by atoms with Crippen molar-refractivity contribution in [2.24, 2.45) is 23.5 Å². The molecule has 0 unspecified atom stereocenters. The maximum absolute atomic E-state index is 13.6. The number of nitrogens with one attached hydrogen (secondary N) is 1. The van der Waals surface area contributed by atoms with Crippen molar-refractivity contribution in [3.63, 3.8) is 0 Å². The SMILES string of the molecule is CCC[C@H](C(N)=O)[C@@H](CC1CC1)C(=O)N[C@H]1CCCCN(Cc2cccc(-c3ccc(C)cc3)c2)C1=O. The summed E-state index contributed by atoms with van der Waals surface area (Å²) in [6.45, 7) is 5.26. The highest BCUT2D eigenvalue weighted by atomic mass is 16.2. The smallest absolute Gasteiger partial charge is 0.245 e. The van der Waals surface area contributed by atoms with E-state index in [9.17, 15) is 14.4 Å². The molecule has 1 heterocycles. The van der Waals surface area contributed by atoms with Gasteiger partial charge in [0.15, 0.2) is 0 Å². The van der Waals surface area contributed by atoms with Crippen molar-refractivity contribution >= 4 is 17.7 Å². The molecule has 1 saturated carbocycles. The first-order valence-electron chi connectivity index (χ1n) is 13.9. The number of nitrogens with zero attached hydrogens (tertiary/aromatic N) is 1. The summed E-state index contributed by atoms with van der Waals surface area (Å²) >= 11 is 0. The number of nitrogens with two attached hydrogens (primary N) is 1. The molecule has 6 heteroatoms. The number of hydrogen-bond acceptors (Lipinski definition) is 3. The van der Waals surface area contributed by atoms with Gasteiger partial charge in [-0.1, -0.05) is 74.2 Å². The van der Waals surface area contributed by atoms with Gasteiger partial charge in [-0.05, 0) is 67.7 Å². The van der Waals surface area contributed by atoms with Crippen molar-refractivity contribution in [1.29, 1.82) is 0 Å². The van der Waals surface area contributed by atoms with Crippen LogP contribution in [-0.2, 0) is 20.9 Å². The molecule has 2 aromatic rings. The van der Waals surface area contributed by atoms with Crippen LogP contribution in [0.25, 0.3) is 11.1 Å². The van der Waals surface area contributed by atoms with E-state index in [2.05, 4.69) is 54.7 Å². The molecule has 4 rings (SSSR count). The van der Waals surface area contributed by atoms with Gasteiger partial charge in [0.1, 0.15) is 6.04 Å². The number of aryl methyl sites for hydroxylation is 1. The van der Waals surface area contributed by atoms with Gasteiger partial charge in [-0.3, -0.25) is 14.4 Å². The summed E-state index contributed by atoms with van der Waals surface area (Å²) in [4.78, 5) is 41.1. The van der Waals surface area contributed by atoms with Crippen LogP contribution < -0.4 is 11.1 Å². The van der Waals surface area contributed by atoms with E-state index in [-0.39, 0.29) is 11.8 Å². The summed E-state index contributed by atoms with van der Waals surface area (Å²) in [5.74, 6) is -1.09. The number of rotatable bonds is 11. The molecule has 1 aliphatic carbocycles. The Kier molecular flexibility index (Phi) is 9.01.